The summed E-state index contributed by atoms with van der Waals surface area (Å²) in [4.78, 5) is 50.9. The molecule has 0 spiro atoms. The van der Waals surface area contributed by atoms with Crippen LogP contribution in [0.25, 0.3) is 0 Å². The van der Waals surface area contributed by atoms with E-state index >= 15 is 0 Å². The van der Waals surface area contributed by atoms with E-state index in [1.54, 1.807) is 41.5 Å². The lowest BCUT2D eigenvalue weighted by Crippen LogP contribution is -2.50. The lowest BCUT2D eigenvalue weighted by molar-refractivity contribution is -0.123. The Morgan fingerprint density at radius 3 is 1.26 bits per heavy atom. The maximum atomic E-state index is 13.0. The highest BCUT2D eigenvalue weighted by molar-refractivity contribution is 8.76. The van der Waals surface area contributed by atoms with Gasteiger partial charge in [-0.3, -0.25) is 9.59 Å². The van der Waals surface area contributed by atoms with Crippen LogP contribution in [0.5, 0.6) is 0 Å². The fourth-order valence-electron chi connectivity index (χ4n) is 3.31. The van der Waals surface area contributed by atoms with Crippen molar-refractivity contribution in [2.75, 3.05) is 11.5 Å². The molecule has 42 heavy (non-hydrogen) atoms. The molecule has 0 heterocycles. The van der Waals surface area contributed by atoms with Crippen molar-refractivity contribution < 1.29 is 28.7 Å². The van der Waals surface area contributed by atoms with Crippen LogP contribution in [0.3, 0.4) is 0 Å². The molecular formula is C30H42N4O6S2. The maximum Gasteiger partial charge on any atom is 0.408 e. The second kappa shape index (κ2) is 16.9. The number of benzene rings is 2. The van der Waals surface area contributed by atoms with Crippen molar-refractivity contribution in [3.63, 3.8) is 0 Å². The van der Waals surface area contributed by atoms with Gasteiger partial charge in [0.15, 0.2) is 0 Å². The normalized spacial score (nSPS) is 12.8. The molecule has 0 aromatic heterocycles. The van der Waals surface area contributed by atoms with Crippen LogP contribution in [0, 0.1) is 0 Å². The minimum Gasteiger partial charge on any atom is -0.444 e. The Balaban J connectivity index is 2.01. The average Bonchev–Trinajstić information content (AvgIpc) is 2.90. The average molecular weight is 619 g/mol. The van der Waals surface area contributed by atoms with E-state index in [0.717, 1.165) is 11.1 Å². The molecule has 12 heteroatoms. The zero-order valence-electron chi connectivity index (χ0n) is 25.0. The number of hydrogen-bond donors (Lipinski definition) is 4. The molecule has 0 bridgehead atoms. The van der Waals surface area contributed by atoms with Gasteiger partial charge in [-0.05, 0) is 52.7 Å². The monoisotopic (exact) mass is 618 g/mol. The summed E-state index contributed by atoms with van der Waals surface area (Å²) in [6.07, 6.45) is -1.42. The van der Waals surface area contributed by atoms with E-state index in [-0.39, 0.29) is 23.3 Å². The van der Waals surface area contributed by atoms with E-state index in [9.17, 15) is 19.2 Å². The molecule has 4 amide bonds. The van der Waals surface area contributed by atoms with E-state index in [1.807, 2.05) is 60.7 Å². The standard InChI is InChI=1S/C30H42N4O6S2/c1-29(2,3)39-27(37)33-23(25(35)31-17-21-13-9-7-10-14-21)19-41-42-20-24(34-28(38)40-30(4,5)6)26(36)32-18-22-15-11-8-12-16-22/h7-16,23-24H,17-20H2,1-6H3,(H,31,35)(H,32,36)(H,33,37)(H,34,38)/t23-,24-/m0/s1. The largest absolute Gasteiger partial charge is 0.444 e. The number of hydrogen-bond acceptors (Lipinski definition) is 8. The Bertz CT molecular complexity index is 1060. The highest BCUT2D eigenvalue weighted by Crippen LogP contribution is 2.24. The molecule has 2 aromatic rings. The van der Waals surface area contributed by atoms with Crippen LogP contribution in [0.15, 0.2) is 60.7 Å². The first-order valence-electron chi connectivity index (χ1n) is 13.6. The minimum atomic E-state index is -0.898. The molecule has 0 aliphatic rings. The summed E-state index contributed by atoms with van der Waals surface area (Å²) in [5, 5.41) is 11.0. The van der Waals surface area contributed by atoms with Crippen molar-refractivity contribution in [2.45, 2.75) is 77.9 Å². The molecule has 0 saturated heterocycles. The molecule has 2 rings (SSSR count). The molecule has 2 atom stereocenters. The quantitative estimate of drug-likeness (QED) is 0.186. The zero-order valence-corrected chi connectivity index (χ0v) is 26.7. The highest BCUT2D eigenvalue weighted by atomic mass is 33.1. The van der Waals surface area contributed by atoms with E-state index in [2.05, 4.69) is 21.3 Å². The van der Waals surface area contributed by atoms with Crippen LogP contribution < -0.4 is 21.3 Å². The van der Waals surface area contributed by atoms with E-state index < -0.39 is 35.5 Å². The smallest absolute Gasteiger partial charge is 0.408 e. The van der Waals surface area contributed by atoms with Crippen molar-refractivity contribution >= 4 is 45.6 Å². The number of alkyl carbamates (subject to hydrolysis) is 2. The summed E-state index contributed by atoms with van der Waals surface area (Å²) in [6.45, 7) is 11.0. The van der Waals surface area contributed by atoms with Crippen molar-refractivity contribution in [2.24, 2.45) is 0 Å². The number of amides is 4. The molecular weight excluding hydrogens is 576 g/mol. The lowest BCUT2D eigenvalue weighted by atomic mass is 10.2. The van der Waals surface area contributed by atoms with Gasteiger partial charge in [-0.25, -0.2) is 9.59 Å². The minimum absolute atomic E-state index is 0.190. The van der Waals surface area contributed by atoms with Gasteiger partial charge in [0.25, 0.3) is 0 Å². The van der Waals surface area contributed by atoms with E-state index in [0.29, 0.717) is 13.1 Å². The Kier molecular flexibility index (Phi) is 14.0. The van der Waals surface area contributed by atoms with Crippen molar-refractivity contribution in [3.05, 3.63) is 71.8 Å². The summed E-state index contributed by atoms with van der Waals surface area (Å²) < 4.78 is 10.7. The Labute approximate surface area is 256 Å². The lowest BCUT2D eigenvalue weighted by Gasteiger charge is -2.24. The molecule has 0 aliphatic carbocycles. The number of carbonyl (C=O) groups excluding carboxylic acids is 4. The first-order chi connectivity index (χ1) is 19.7. The number of nitrogens with one attached hydrogen (secondary N) is 4. The van der Waals surface area contributed by atoms with Gasteiger partial charge in [-0.15, -0.1) is 0 Å². The Morgan fingerprint density at radius 1 is 0.619 bits per heavy atom. The number of carbonyl (C=O) groups is 4. The van der Waals surface area contributed by atoms with Crippen LogP contribution in [0.4, 0.5) is 9.59 Å². The van der Waals surface area contributed by atoms with Crippen molar-refractivity contribution in [1.29, 1.82) is 0 Å². The van der Waals surface area contributed by atoms with E-state index in [4.69, 9.17) is 9.47 Å². The van der Waals surface area contributed by atoms with Gasteiger partial charge >= 0.3 is 12.2 Å². The van der Waals surface area contributed by atoms with Gasteiger partial charge in [-0.1, -0.05) is 82.3 Å². The van der Waals surface area contributed by atoms with Gasteiger partial charge in [-0.2, -0.15) is 0 Å². The van der Waals surface area contributed by atoms with Crippen LogP contribution in [-0.4, -0.2) is 58.8 Å². The first kappa shape index (κ1) is 34.8. The molecule has 0 saturated carbocycles. The Hall–Kier alpha value is -3.38. The Morgan fingerprint density at radius 2 is 0.952 bits per heavy atom. The van der Waals surface area contributed by atoms with Gasteiger partial charge in [0, 0.05) is 24.6 Å². The topological polar surface area (TPSA) is 135 Å². The zero-order chi connectivity index (χ0) is 31.2. The summed E-state index contributed by atoms with van der Waals surface area (Å²) in [5.41, 5.74) is 0.373. The predicted molar refractivity (Wildman–Crippen MR) is 168 cm³/mol. The SMILES string of the molecule is CC(C)(C)OC(=O)N[C@@H](CSSC[C@H](NC(=O)OC(C)(C)C)C(=O)NCc1ccccc1)C(=O)NCc1ccccc1. The van der Waals surface area contributed by atoms with Gasteiger partial charge in [0.2, 0.25) is 11.8 Å². The summed E-state index contributed by atoms with van der Waals surface area (Å²) in [5.74, 6) is -0.367. The second-order valence-corrected chi connectivity index (χ2v) is 13.9. The molecule has 0 radical (unpaired) electrons. The van der Waals surface area contributed by atoms with Gasteiger partial charge in [0.05, 0.1) is 0 Å². The van der Waals surface area contributed by atoms with Crippen LogP contribution in [0.1, 0.15) is 52.7 Å². The van der Waals surface area contributed by atoms with Crippen LogP contribution in [0.2, 0.25) is 0 Å². The molecule has 0 unspecified atom stereocenters. The fourth-order valence-corrected chi connectivity index (χ4v) is 5.64. The third kappa shape index (κ3) is 15.0. The predicted octanol–water partition coefficient (Wildman–Crippen LogP) is 4.79. The third-order valence-electron chi connectivity index (χ3n) is 5.19. The molecule has 0 fully saturated rings. The molecule has 0 aliphatic heterocycles. The van der Waals surface area contributed by atoms with Gasteiger partial charge in [0.1, 0.15) is 23.3 Å². The summed E-state index contributed by atoms with van der Waals surface area (Å²) in [6, 6.07) is 17.1. The molecule has 2 aromatic carbocycles. The fraction of sp³-hybridized carbons (Fsp3) is 0.467. The van der Waals surface area contributed by atoms with Crippen molar-refractivity contribution in [3.8, 4) is 0 Å². The maximum absolute atomic E-state index is 13.0. The summed E-state index contributed by atoms with van der Waals surface area (Å²) in [7, 11) is 2.57. The second-order valence-electron chi connectivity index (χ2n) is 11.4. The summed E-state index contributed by atoms with van der Waals surface area (Å²) >= 11 is 0. The van der Waals surface area contributed by atoms with Gasteiger partial charge < -0.3 is 30.7 Å². The van der Waals surface area contributed by atoms with Crippen LogP contribution >= 0.6 is 21.6 Å². The van der Waals surface area contributed by atoms with Crippen molar-refractivity contribution in [1.82, 2.24) is 21.3 Å². The molecule has 230 valence electrons. The highest BCUT2D eigenvalue weighted by Gasteiger charge is 2.27. The number of rotatable bonds is 13. The van der Waals surface area contributed by atoms with E-state index in [1.165, 1.54) is 21.6 Å². The third-order valence-corrected chi connectivity index (χ3v) is 7.61. The molecule has 4 N–H and O–H groups in total. The molecule has 10 nitrogen and oxygen atoms in total. The first-order valence-corrected chi connectivity index (χ1v) is 16.1. The number of ether oxygens (including phenoxy) is 2. The van der Waals surface area contributed by atoms with Crippen LogP contribution in [-0.2, 0) is 32.2 Å².